The number of aromatic nitrogens is 1. The first-order valence-corrected chi connectivity index (χ1v) is 6.34. The van der Waals surface area contributed by atoms with E-state index in [1.807, 2.05) is 0 Å². The van der Waals surface area contributed by atoms with E-state index in [1.54, 1.807) is 18.5 Å². The van der Waals surface area contributed by atoms with Gasteiger partial charge in [0, 0.05) is 18.5 Å². The molecule has 100 valence electrons. The SMILES string of the molecule is CNC(=O)Cc1nc(-c2cc(C(=O)OC)co2)cs1. The molecule has 0 bridgehead atoms. The van der Waals surface area contributed by atoms with E-state index in [4.69, 9.17) is 4.42 Å². The highest BCUT2D eigenvalue weighted by atomic mass is 32.1. The van der Waals surface area contributed by atoms with Gasteiger partial charge in [-0.3, -0.25) is 4.79 Å². The van der Waals surface area contributed by atoms with Gasteiger partial charge in [-0.05, 0) is 0 Å². The molecule has 7 heteroatoms. The maximum Gasteiger partial charge on any atom is 0.341 e. The molecular weight excluding hydrogens is 268 g/mol. The van der Waals surface area contributed by atoms with Crippen LogP contribution in [0.3, 0.4) is 0 Å². The Hall–Kier alpha value is -2.15. The summed E-state index contributed by atoms with van der Waals surface area (Å²) in [5, 5.41) is 4.99. The summed E-state index contributed by atoms with van der Waals surface area (Å²) in [6.45, 7) is 0. The Labute approximate surface area is 113 Å². The van der Waals surface area contributed by atoms with Crippen molar-refractivity contribution in [2.45, 2.75) is 6.42 Å². The maximum atomic E-state index is 11.3. The number of nitrogens with zero attached hydrogens (tertiary/aromatic N) is 1. The molecule has 0 aromatic carbocycles. The molecule has 0 aliphatic rings. The molecular formula is C12H12N2O4S. The maximum absolute atomic E-state index is 11.3. The summed E-state index contributed by atoms with van der Waals surface area (Å²) in [4.78, 5) is 26.8. The second-order valence-electron chi connectivity index (χ2n) is 3.67. The summed E-state index contributed by atoms with van der Waals surface area (Å²) in [5.41, 5.74) is 0.928. The molecule has 0 radical (unpaired) electrons. The average molecular weight is 280 g/mol. The summed E-state index contributed by atoms with van der Waals surface area (Å²) in [6.07, 6.45) is 1.55. The van der Waals surface area contributed by atoms with E-state index in [-0.39, 0.29) is 12.3 Å². The van der Waals surface area contributed by atoms with Gasteiger partial charge in [0.1, 0.15) is 17.0 Å². The summed E-state index contributed by atoms with van der Waals surface area (Å²) in [5.74, 6) is -0.0915. The third-order valence-electron chi connectivity index (χ3n) is 2.42. The molecule has 0 unspecified atom stereocenters. The van der Waals surface area contributed by atoms with Gasteiger partial charge >= 0.3 is 5.97 Å². The van der Waals surface area contributed by atoms with Gasteiger partial charge in [-0.25, -0.2) is 9.78 Å². The fraction of sp³-hybridized carbons (Fsp3) is 0.250. The van der Waals surface area contributed by atoms with Crippen molar-refractivity contribution in [1.29, 1.82) is 0 Å². The van der Waals surface area contributed by atoms with Crippen LogP contribution in [0.2, 0.25) is 0 Å². The van der Waals surface area contributed by atoms with Gasteiger partial charge < -0.3 is 14.5 Å². The smallest absolute Gasteiger partial charge is 0.341 e. The lowest BCUT2D eigenvalue weighted by atomic mass is 10.3. The Morgan fingerprint density at radius 2 is 2.32 bits per heavy atom. The first-order chi connectivity index (χ1) is 9.13. The van der Waals surface area contributed by atoms with Gasteiger partial charge in [0.05, 0.1) is 19.1 Å². The van der Waals surface area contributed by atoms with Gasteiger partial charge in [0.25, 0.3) is 0 Å². The number of thiazole rings is 1. The van der Waals surface area contributed by atoms with E-state index < -0.39 is 5.97 Å². The number of carbonyl (C=O) groups is 2. The summed E-state index contributed by atoms with van der Waals surface area (Å²) in [6, 6.07) is 1.56. The molecule has 0 saturated carbocycles. The fourth-order valence-electron chi connectivity index (χ4n) is 1.43. The number of esters is 1. The molecule has 1 N–H and O–H groups in total. The minimum Gasteiger partial charge on any atom is -0.465 e. The molecule has 0 aliphatic heterocycles. The number of hydrogen-bond acceptors (Lipinski definition) is 6. The molecule has 2 aromatic heterocycles. The van der Waals surface area contributed by atoms with Crippen LogP contribution in [0.25, 0.3) is 11.5 Å². The van der Waals surface area contributed by atoms with Gasteiger partial charge in [0.2, 0.25) is 5.91 Å². The van der Waals surface area contributed by atoms with Crippen molar-refractivity contribution >= 4 is 23.2 Å². The van der Waals surface area contributed by atoms with Crippen molar-refractivity contribution in [2.24, 2.45) is 0 Å². The van der Waals surface area contributed by atoms with E-state index in [9.17, 15) is 9.59 Å². The lowest BCUT2D eigenvalue weighted by molar-refractivity contribution is -0.119. The molecule has 2 rings (SSSR count). The van der Waals surface area contributed by atoms with Crippen LogP contribution in [-0.4, -0.2) is 31.0 Å². The second-order valence-corrected chi connectivity index (χ2v) is 4.61. The lowest BCUT2D eigenvalue weighted by Gasteiger charge is -1.94. The molecule has 0 spiro atoms. The Kier molecular flexibility index (Phi) is 3.96. The summed E-state index contributed by atoms with van der Waals surface area (Å²) < 4.78 is 9.85. The minimum atomic E-state index is -0.462. The van der Waals surface area contributed by atoms with Crippen LogP contribution in [0, 0.1) is 0 Å². The number of nitrogens with one attached hydrogen (secondary N) is 1. The molecule has 0 aliphatic carbocycles. The first kappa shape index (κ1) is 13.3. The molecule has 0 saturated heterocycles. The van der Waals surface area contributed by atoms with Gasteiger partial charge in [-0.2, -0.15) is 0 Å². The number of hydrogen-bond donors (Lipinski definition) is 1. The van der Waals surface area contributed by atoms with Crippen molar-refractivity contribution in [1.82, 2.24) is 10.3 Å². The Balaban J connectivity index is 2.16. The number of methoxy groups -OCH3 is 1. The number of rotatable bonds is 4. The standard InChI is InChI=1S/C12H12N2O4S/c1-13-10(15)4-11-14-8(6-19-11)9-3-7(5-18-9)12(16)17-2/h3,5-6H,4H2,1-2H3,(H,13,15). The predicted molar refractivity (Wildman–Crippen MR) is 68.9 cm³/mol. The van der Waals surface area contributed by atoms with Crippen LogP contribution in [0.15, 0.2) is 22.1 Å². The topological polar surface area (TPSA) is 81.4 Å². The van der Waals surface area contributed by atoms with Crippen molar-refractivity contribution in [3.05, 3.63) is 28.3 Å². The monoisotopic (exact) mass is 280 g/mol. The van der Waals surface area contributed by atoms with Crippen molar-refractivity contribution in [2.75, 3.05) is 14.2 Å². The average Bonchev–Trinajstić information content (AvgIpc) is 3.05. The van der Waals surface area contributed by atoms with Crippen LogP contribution >= 0.6 is 11.3 Å². The number of carbonyl (C=O) groups excluding carboxylic acids is 2. The third kappa shape index (κ3) is 3.00. The molecule has 0 fully saturated rings. The van der Waals surface area contributed by atoms with E-state index in [1.165, 1.54) is 24.7 Å². The van der Waals surface area contributed by atoms with Gasteiger partial charge in [-0.1, -0.05) is 0 Å². The number of amides is 1. The minimum absolute atomic E-state index is 0.101. The molecule has 2 heterocycles. The molecule has 19 heavy (non-hydrogen) atoms. The van der Waals surface area contributed by atoms with Crippen LogP contribution in [0.4, 0.5) is 0 Å². The third-order valence-corrected chi connectivity index (χ3v) is 3.26. The molecule has 0 atom stereocenters. The zero-order valence-electron chi connectivity index (χ0n) is 10.4. The van der Waals surface area contributed by atoms with Crippen molar-refractivity contribution in [3.63, 3.8) is 0 Å². The van der Waals surface area contributed by atoms with Crippen molar-refractivity contribution in [3.8, 4) is 11.5 Å². The Bertz CT molecular complexity index is 602. The zero-order valence-corrected chi connectivity index (χ0v) is 11.2. The van der Waals surface area contributed by atoms with Crippen molar-refractivity contribution < 1.29 is 18.7 Å². The van der Waals surface area contributed by atoms with E-state index in [2.05, 4.69) is 15.0 Å². The number of furan rings is 1. The van der Waals surface area contributed by atoms with Gasteiger partial charge in [-0.15, -0.1) is 11.3 Å². The predicted octanol–water partition coefficient (Wildman–Crippen LogP) is 1.48. The summed E-state index contributed by atoms with van der Waals surface area (Å²) >= 11 is 1.36. The van der Waals surface area contributed by atoms with Crippen LogP contribution in [0.5, 0.6) is 0 Å². The van der Waals surface area contributed by atoms with Crippen LogP contribution in [-0.2, 0) is 16.0 Å². The van der Waals surface area contributed by atoms with Gasteiger partial charge in [0.15, 0.2) is 5.76 Å². The van der Waals surface area contributed by atoms with Crippen LogP contribution < -0.4 is 5.32 Å². The zero-order chi connectivity index (χ0) is 13.8. The fourth-order valence-corrected chi connectivity index (χ4v) is 2.21. The Morgan fingerprint density at radius 3 is 3.00 bits per heavy atom. The first-order valence-electron chi connectivity index (χ1n) is 5.46. The molecule has 2 aromatic rings. The van der Waals surface area contributed by atoms with Crippen LogP contribution in [0.1, 0.15) is 15.4 Å². The second kappa shape index (κ2) is 5.66. The molecule has 6 nitrogen and oxygen atoms in total. The quantitative estimate of drug-likeness (QED) is 0.858. The number of ether oxygens (including phenoxy) is 1. The van der Waals surface area contributed by atoms with E-state index in [0.717, 1.165) is 0 Å². The largest absolute Gasteiger partial charge is 0.465 e. The highest BCUT2D eigenvalue weighted by Gasteiger charge is 2.14. The normalized spacial score (nSPS) is 10.2. The summed E-state index contributed by atoms with van der Waals surface area (Å²) in [7, 11) is 2.88. The van der Waals surface area contributed by atoms with E-state index >= 15 is 0 Å². The highest BCUT2D eigenvalue weighted by molar-refractivity contribution is 7.10. The lowest BCUT2D eigenvalue weighted by Crippen LogP contribution is -2.19. The Morgan fingerprint density at radius 1 is 1.53 bits per heavy atom. The number of likely N-dealkylation sites (N-methyl/N-ethyl adjacent to an activating group) is 1. The highest BCUT2D eigenvalue weighted by Crippen LogP contribution is 2.24. The molecule has 1 amide bonds. The van der Waals surface area contributed by atoms with E-state index in [0.29, 0.717) is 22.0 Å².